The third-order valence-electron chi connectivity index (χ3n) is 5.57. The Balaban J connectivity index is 1.52. The second kappa shape index (κ2) is 7.37. The lowest BCUT2D eigenvalue weighted by atomic mass is 9.89. The fourth-order valence-electron chi connectivity index (χ4n) is 3.79. The molecule has 0 fully saturated rings. The van der Waals surface area contributed by atoms with Gasteiger partial charge in [0, 0.05) is 23.7 Å². The number of anilines is 1. The number of carbonyl (C=O) groups is 1. The maximum absolute atomic E-state index is 12.4. The number of benzene rings is 2. The summed E-state index contributed by atoms with van der Waals surface area (Å²) in [5, 5.41) is 4.90. The molecule has 1 amide bonds. The maximum atomic E-state index is 12.4. The second-order valence-corrected chi connectivity index (χ2v) is 8.01. The highest BCUT2D eigenvalue weighted by atomic mass is 16.5. The molecule has 1 N–H and O–H groups in total. The van der Waals surface area contributed by atoms with Crippen LogP contribution in [-0.2, 0) is 0 Å². The van der Waals surface area contributed by atoms with E-state index in [9.17, 15) is 4.79 Å². The Bertz CT molecular complexity index is 1190. The monoisotopic (exact) mass is 403 g/mol. The first kappa shape index (κ1) is 19.8. The third kappa shape index (κ3) is 3.45. The van der Waals surface area contributed by atoms with E-state index in [-0.39, 0.29) is 11.3 Å². The average Bonchev–Trinajstić information content (AvgIpc) is 3.16. The molecule has 0 unspecified atom stereocenters. The van der Waals surface area contributed by atoms with Gasteiger partial charge < -0.3 is 14.1 Å². The Hall–Kier alpha value is -3.54. The molecule has 2 aromatic carbocycles. The number of likely N-dealkylation sites (N-methyl/N-ethyl adjacent to an activating group) is 1. The highest BCUT2D eigenvalue weighted by Crippen LogP contribution is 2.37. The molecule has 1 aromatic heterocycles. The minimum absolute atomic E-state index is 0.0318. The first-order valence-electron chi connectivity index (χ1n) is 9.78. The average molecular weight is 403 g/mol. The number of para-hydroxylation sites is 1. The van der Waals surface area contributed by atoms with Crippen LogP contribution in [0.5, 0.6) is 5.75 Å². The van der Waals surface area contributed by atoms with Gasteiger partial charge in [-0.05, 0) is 56.2 Å². The van der Waals surface area contributed by atoms with E-state index in [1.54, 1.807) is 25.5 Å². The lowest BCUT2D eigenvalue weighted by Gasteiger charge is -2.40. The number of amides is 1. The second-order valence-electron chi connectivity index (χ2n) is 8.01. The number of methoxy groups -OCH3 is 1. The minimum Gasteiger partial charge on any atom is -0.493 e. The standard InChI is InChI=1S/C24H25N3O3/c1-15-13-24(2,3)27(4)19-10-9-16(11-18(15)19)14-25-26-23(28)21-12-17-7-6-8-20(29-5)22(17)30-21/h6-14H,1-5H3,(H,26,28)/b25-14+. The molecular weight excluding hydrogens is 378 g/mol. The van der Waals surface area contributed by atoms with Crippen LogP contribution in [0.25, 0.3) is 16.5 Å². The van der Waals surface area contributed by atoms with Gasteiger partial charge in [-0.1, -0.05) is 24.3 Å². The number of ether oxygens (including phenoxy) is 1. The Kier molecular flexibility index (Phi) is 4.86. The molecule has 30 heavy (non-hydrogen) atoms. The van der Waals surface area contributed by atoms with Crippen LogP contribution in [0.4, 0.5) is 5.69 Å². The highest BCUT2D eigenvalue weighted by Gasteiger charge is 2.28. The van der Waals surface area contributed by atoms with Gasteiger partial charge in [-0.3, -0.25) is 4.79 Å². The summed E-state index contributed by atoms with van der Waals surface area (Å²) >= 11 is 0. The van der Waals surface area contributed by atoms with Crippen LogP contribution in [0, 0.1) is 0 Å². The molecule has 3 aromatic rings. The Morgan fingerprint density at radius 3 is 2.80 bits per heavy atom. The Morgan fingerprint density at radius 1 is 1.23 bits per heavy atom. The number of fused-ring (bicyclic) bond motifs is 2. The molecule has 6 heteroatoms. The van der Waals surface area contributed by atoms with Crippen molar-refractivity contribution in [3.8, 4) is 5.75 Å². The van der Waals surface area contributed by atoms with Gasteiger partial charge in [0.1, 0.15) is 0 Å². The summed E-state index contributed by atoms with van der Waals surface area (Å²) in [7, 11) is 3.66. The number of hydrogen-bond donors (Lipinski definition) is 1. The molecule has 0 saturated carbocycles. The number of furan rings is 1. The van der Waals surface area contributed by atoms with Crippen LogP contribution in [0.1, 0.15) is 42.5 Å². The Labute approximate surface area is 175 Å². The van der Waals surface area contributed by atoms with Crippen LogP contribution >= 0.6 is 0 Å². The van der Waals surface area contributed by atoms with E-state index in [1.807, 2.05) is 18.2 Å². The van der Waals surface area contributed by atoms with Crippen molar-refractivity contribution in [3.63, 3.8) is 0 Å². The zero-order valence-electron chi connectivity index (χ0n) is 17.8. The summed E-state index contributed by atoms with van der Waals surface area (Å²) in [6.07, 6.45) is 3.89. The number of allylic oxidation sites excluding steroid dienone is 1. The lowest BCUT2D eigenvalue weighted by molar-refractivity contribution is 0.0929. The number of carbonyl (C=O) groups excluding carboxylic acids is 1. The summed E-state index contributed by atoms with van der Waals surface area (Å²) < 4.78 is 10.9. The molecule has 6 nitrogen and oxygen atoms in total. The van der Waals surface area contributed by atoms with Crippen LogP contribution in [0.2, 0.25) is 0 Å². The van der Waals surface area contributed by atoms with Gasteiger partial charge >= 0.3 is 5.91 Å². The van der Waals surface area contributed by atoms with Crippen LogP contribution in [0.3, 0.4) is 0 Å². The maximum Gasteiger partial charge on any atom is 0.307 e. The zero-order chi connectivity index (χ0) is 21.5. The largest absolute Gasteiger partial charge is 0.493 e. The molecule has 2 heterocycles. The van der Waals surface area contributed by atoms with E-state index in [4.69, 9.17) is 9.15 Å². The zero-order valence-corrected chi connectivity index (χ0v) is 17.8. The Morgan fingerprint density at radius 2 is 2.03 bits per heavy atom. The molecule has 4 rings (SSSR count). The van der Waals surface area contributed by atoms with E-state index in [0.717, 1.165) is 16.5 Å². The molecular formula is C24H25N3O3. The van der Waals surface area contributed by atoms with Crippen molar-refractivity contribution in [1.29, 1.82) is 0 Å². The van der Waals surface area contributed by atoms with Crippen molar-refractivity contribution >= 4 is 34.4 Å². The van der Waals surface area contributed by atoms with Crippen molar-refractivity contribution in [1.82, 2.24) is 5.43 Å². The SMILES string of the molecule is COc1cccc2cc(C(=O)N/N=C/c3ccc4c(c3)C(C)=CC(C)(C)N4C)oc12. The molecule has 0 bridgehead atoms. The van der Waals surface area contributed by atoms with Crippen molar-refractivity contribution < 1.29 is 13.9 Å². The smallest absolute Gasteiger partial charge is 0.307 e. The van der Waals surface area contributed by atoms with E-state index < -0.39 is 5.91 Å². The van der Waals surface area contributed by atoms with Gasteiger partial charge in [0.15, 0.2) is 17.1 Å². The van der Waals surface area contributed by atoms with Gasteiger partial charge in [0.25, 0.3) is 0 Å². The lowest BCUT2D eigenvalue weighted by Crippen LogP contribution is -2.42. The molecule has 0 aliphatic carbocycles. The minimum atomic E-state index is -0.417. The van der Waals surface area contributed by atoms with Gasteiger partial charge in [-0.15, -0.1) is 0 Å². The molecule has 1 aliphatic rings. The van der Waals surface area contributed by atoms with E-state index >= 15 is 0 Å². The van der Waals surface area contributed by atoms with Crippen molar-refractivity contribution in [3.05, 3.63) is 65.4 Å². The molecule has 0 atom stereocenters. The molecule has 0 saturated heterocycles. The van der Waals surface area contributed by atoms with Gasteiger partial charge in [0.05, 0.1) is 18.9 Å². The van der Waals surface area contributed by atoms with Crippen molar-refractivity contribution in [2.24, 2.45) is 5.10 Å². The fourth-order valence-corrected chi connectivity index (χ4v) is 3.79. The molecule has 1 aliphatic heterocycles. The van der Waals surface area contributed by atoms with Gasteiger partial charge in [0.2, 0.25) is 0 Å². The summed E-state index contributed by atoms with van der Waals surface area (Å²) in [6, 6.07) is 13.3. The number of nitrogens with one attached hydrogen (secondary N) is 1. The number of rotatable bonds is 4. The van der Waals surface area contributed by atoms with Crippen molar-refractivity contribution in [2.45, 2.75) is 26.3 Å². The predicted molar refractivity (Wildman–Crippen MR) is 120 cm³/mol. The number of nitrogens with zero attached hydrogens (tertiary/aromatic N) is 2. The molecule has 154 valence electrons. The first-order valence-corrected chi connectivity index (χ1v) is 9.78. The summed E-state index contributed by atoms with van der Waals surface area (Å²) in [5.74, 6) is 0.348. The summed E-state index contributed by atoms with van der Waals surface area (Å²) in [4.78, 5) is 14.7. The van der Waals surface area contributed by atoms with Crippen LogP contribution in [-0.4, -0.2) is 31.8 Å². The van der Waals surface area contributed by atoms with Crippen LogP contribution in [0.15, 0.2) is 58.1 Å². The summed E-state index contributed by atoms with van der Waals surface area (Å²) in [6.45, 7) is 6.50. The van der Waals surface area contributed by atoms with E-state index in [2.05, 4.69) is 61.5 Å². The topological polar surface area (TPSA) is 67.1 Å². The first-order chi connectivity index (χ1) is 14.3. The van der Waals surface area contributed by atoms with Gasteiger partial charge in [-0.2, -0.15) is 5.10 Å². The van der Waals surface area contributed by atoms with E-state index in [1.165, 1.54) is 11.3 Å². The molecule has 0 radical (unpaired) electrons. The highest BCUT2D eigenvalue weighted by molar-refractivity contribution is 5.98. The predicted octanol–water partition coefficient (Wildman–Crippen LogP) is 4.84. The van der Waals surface area contributed by atoms with Gasteiger partial charge in [-0.25, -0.2) is 5.43 Å². The number of hydrazone groups is 1. The summed E-state index contributed by atoms with van der Waals surface area (Å²) in [5.41, 5.74) is 7.51. The third-order valence-corrected chi connectivity index (χ3v) is 5.57. The van der Waals surface area contributed by atoms with Crippen molar-refractivity contribution in [2.75, 3.05) is 19.1 Å². The number of hydrogen-bond acceptors (Lipinski definition) is 5. The molecule has 0 spiro atoms. The normalized spacial score (nSPS) is 15.2. The fraction of sp³-hybridized carbons (Fsp3) is 0.250. The quantitative estimate of drug-likeness (QED) is 0.500. The van der Waals surface area contributed by atoms with E-state index in [0.29, 0.717) is 11.3 Å². The van der Waals surface area contributed by atoms with Crippen LogP contribution < -0.4 is 15.1 Å².